The van der Waals surface area contributed by atoms with Crippen molar-refractivity contribution in [2.75, 3.05) is 31.1 Å². The molecule has 2 rings (SSSR count). The number of anilines is 1. The molecule has 0 atom stereocenters. The fourth-order valence-corrected chi connectivity index (χ4v) is 1.99. The Morgan fingerprint density at radius 3 is 2.67 bits per heavy atom. The number of carbonyl (C=O) groups excluding carboxylic acids is 2. The zero-order valence-electron chi connectivity index (χ0n) is 10.2. The Labute approximate surface area is 106 Å². The van der Waals surface area contributed by atoms with Gasteiger partial charge in [0.05, 0.1) is 6.54 Å². The Morgan fingerprint density at radius 1 is 1.33 bits per heavy atom. The van der Waals surface area contributed by atoms with Crippen LogP contribution in [0.5, 0.6) is 0 Å². The quantitative estimate of drug-likeness (QED) is 0.743. The average Bonchev–Trinajstić information content (AvgIpc) is 2.39. The summed E-state index contributed by atoms with van der Waals surface area (Å²) >= 11 is 0. The lowest BCUT2D eigenvalue weighted by Crippen LogP contribution is -2.47. The molecule has 0 bridgehead atoms. The molecule has 5 nitrogen and oxygen atoms in total. The lowest BCUT2D eigenvalue weighted by Gasteiger charge is -2.28. The van der Waals surface area contributed by atoms with Crippen molar-refractivity contribution in [1.29, 1.82) is 0 Å². The SMILES string of the molecule is NCCC(=O)c1ccc(N2CCNC(=O)C2)cc1. The molecule has 1 fully saturated rings. The molecule has 0 unspecified atom stereocenters. The average molecular weight is 247 g/mol. The van der Waals surface area contributed by atoms with Crippen molar-refractivity contribution in [3.8, 4) is 0 Å². The molecule has 1 aromatic rings. The van der Waals surface area contributed by atoms with Gasteiger partial charge in [0.25, 0.3) is 0 Å². The molecule has 1 aromatic carbocycles. The summed E-state index contributed by atoms with van der Waals surface area (Å²) in [6.45, 7) is 2.19. The molecule has 0 radical (unpaired) electrons. The molecular weight excluding hydrogens is 230 g/mol. The summed E-state index contributed by atoms with van der Waals surface area (Å²) in [4.78, 5) is 24.9. The van der Waals surface area contributed by atoms with Crippen LogP contribution in [0.15, 0.2) is 24.3 Å². The van der Waals surface area contributed by atoms with Gasteiger partial charge in [0, 0.05) is 30.8 Å². The summed E-state index contributed by atoms with van der Waals surface area (Å²) in [6, 6.07) is 7.34. The van der Waals surface area contributed by atoms with Crippen LogP contribution in [0.25, 0.3) is 0 Å². The molecule has 0 aromatic heterocycles. The minimum absolute atomic E-state index is 0.0320. The van der Waals surface area contributed by atoms with E-state index < -0.39 is 0 Å². The predicted molar refractivity (Wildman–Crippen MR) is 69.7 cm³/mol. The van der Waals surface area contributed by atoms with Gasteiger partial charge < -0.3 is 16.0 Å². The first-order chi connectivity index (χ1) is 8.70. The molecule has 1 amide bonds. The topological polar surface area (TPSA) is 75.4 Å². The fourth-order valence-electron chi connectivity index (χ4n) is 1.99. The Balaban J connectivity index is 2.07. The Bertz CT molecular complexity index is 442. The summed E-state index contributed by atoms with van der Waals surface area (Å²) < 4.78 is 0. The zero-order chi connectivity index (χ0) is 13.0. The highest BCUT2D eigenvalue weighted by molar-refractivity contribution is 5.96. The third-order valence-electron chi connectivity index (χ3n) is 2.96. The van der Waals surface area contributed by atoms with E-state index in [1.807, 2.05) is 17.0 Å². The van der Waals surface area contributed by atoms with E-state index in [1.165, 1.54) is 0 Å². The van der Waals surface area contributed by atoms with Crippen LogP contribution in [0.2, 0.25) is 0 Å². The first-order valence-corrected chi connectivity index (χ1v) is 6.05. The van der Waals surface area contributed by atoms with Crippen molar-refractivity contribution in [2.45, 2.75) is 6.42 Å². The van der Waals surface area contributed by atoms with Gasteiger partial charge in [0.2, 0.25) is 5.91 Å². The highest BCUT2D eigenvalue weighted by Crippen LogP contribution is 2.16. The first kappa shape index (κ1) is 12.6. The van der Waals surface area contributed by atoms with Crippen molar-refractivity contribution >= 4 is 17.4 Å². The smallest absolute Gasteiger partial charge is 0.239 e. The largest absolute Gasteiger partial charge is 0.360 e. The number of amides is 1. The van der Waals surface area contributed by atoms with Crippen LogP contribution in [0.4, 0.5) is 5.69 Å². The minimum atomic E-state index is 0.0320. The van der Waals surface area contributed by atoms with Gasteiger partial charge in [-0.05, 0) is 30.8 Å². The summed E-state index contributed by atoms with van der Waals surface area (Å²) in [5.74, 6) is 0.0879. The molecule has 3 N–H and O–H groups in total. The number of rotatable bonds is 4. The van der Waals surface area contributed by atoms with E-state index in [1.54, 1.807) is 12.1 Å². The van der Waals surface area contributed by atoms with E-state index in [0.717, 1.165) is 12.2 Å². The second-order valence-electron chi connectivity index (χ2n) is 4.28. The van der Waals surface area contributed by atoms with Crippen molar-refractivity contribution < 1.29 is 9.59 Å². The maximum absolute atomic E-state index is 11.6. The molecule has 5 heteroatoms. The molecule has 0 spiro atoms. The number of Topliss-reactive ketones (excluding diaryl/α,β-unsaturated/α-hetero) is 1. The van der Waals surface area contributed by atoms with Gasteiger partial charge >= 0.3 is 0 Å². The molecule has 0 aliphatic carbocycles. The van der Waals surface area contributed by atoms with Gasteiger partial charge in [-0.3, -0.25) is 9.59 Å². The van der Waals surface area contributed by atoms with E-state index in [9.17, 15) is 9.59 Å². The van der Waals surface area contributed by atoms with E-state index in [2.05, 4.69) is 5.32 Å². The second-order valence-corrected chi connectivity index (χ2v) is 4.28. The zero-order valence-corrected chi connectivity index (χ0v) is 10.2. The van der Waals surface area contributed by atoms with Crippen LogP contribution in [0.3, 0.4) is 0 Å². The summed E-state index contributed by atoms with van der Waals surface area (Å²) in [5.41, 5.74) is 6.99. The van der Waals surface area contributed by atoms with Crippen molar-refractivity contribution in [1.82, 2.24) is 5.32 Å². The fraction of sp³-hybridized carbons (Fsp3) is 0.385. The van der Waals surface area contributed by atoms with Gasteiger partial charge in [-0.25, -0.2) is 0 Å². The summed E-state index contributed by atoms with van der Waals surface area (Å²) in [7, 11) is 0. The van der Waals surface area contributed by atoms with E-state index >= 15 is 0 Å². The lowest BCUT2D eigenvalue weighted by molar-refractivity contribution is -0.120. The number of hydrogen-bond donors (Lipinski definition) is 2. The monoisotopic (exact) mass is 247 g/mol. The number of ketones is 1. The van der Waals surface area contributed by atoms with E-state index in [4.69, 9.17) is 5.73 Å². The number of benzene rings is 1. The predicted octanol–water partition coefficient (Wildman–Crippen LogP) is 0.154. The first-order valence-electron chi connectivity index (χ1n) is 6.05. The number of nitrogens with two attached hydrogens (primary N) is 1. The van der Waals surface area contributed by atoms with Crippen LogP contribution in [-0.4, -0.2) is 37.9 Å². The van der Waals surface area contributed by atoms with Crippen LogP contribution < -0.4 is 16.0 Å². The van der Waals surface area contributed by atoms with E-state index in [0.29, 0.717) is 31.6 Å². The maximum Gasteiger partial charge on any atom is 0.239 e. The van der Waals surface area contributed by atoms with Crippen LogP contribution in [0.1, 0.15) is 16.8 Å². The number of hydrogen-bond acceptors (Lipinski definition) is 4. The molecule has 96 valence electrons. The molecule has 1 aliphatic rings. The molecule has 1 saturated heterocycles. The van der Waals surface area contributed by atoms with E-state index in [-0.39, 0.29) is 11.7 Å². The summed E-state index contributed by atoms with van der Waals surface area (Å²) in [5, 5.41) is 2.78. The van der Waals surface area contributed by atoms with Gasteiger partial charge in [-0.2, -0.15) is 0 Å². The minimum Gasteiger partial charge on any atom is -0.360 e. The van der Waals surface area contributed by atoms with Crippen molar-refractivity contribution in [3.63, 3.8) is 0 Å². The van der Waals surface area contributed by atoms with Gasteiger partial charge in [-0.15, -0.1) is 0 Å². The van der Waals surface area contributed by atoms with Crippen LogP contribution in [-0.2, 0) is 4.79 Å². The number of nitrogens with zero attached hydrogens (tertiary/aromatic N) is 1. The molecule has 1 heterocycles. The van der Waals surface area contributed by atoms with Crippen molar-refractivity contribution in [2.24, 2.45) is 5.73 Å². The Kier molecular flexibility index (Phi) is 3.94. The second kappa shape index (κ2) is 5.64. The highest BCUT2D eigenvalue weighted by Gasteiger charge is 2.16. The summed E-state index contributed by atoms with van der Waals surface area (Å²) in [6.07, 6.45) is 0.367. The van der Waals surface area contributed by atoms with Crippen LogP contribution >= 0.6 is 0 Å². The van der Waals surface area contributed by atoms with Crippen LogP contribution in [0, 0.1) is 0 Å². The third-order valence-corrected chi connectivity index (χ3v) is 2.96. The Morgan fingerprint density at radius 2 is 2.06 bits per heavy atom. The lowest BCUT2D eigenvalue weighted by atomic mass is 10.1. The van der Waals surface area contributed by atoms with Crippen molar-refractivity contribution in [3.05, 3.63) is 29.8 Å². The molecular formula is C13H17N3O2. The number of nitrogens with one attached hydrogen (secondary N) is 1. The number of piperazine rings is 1. The normalized spacial score (nSPS) is 15.4. The van der Waals surface area contributed by atoms with Gasteiger partial charge in [0.15, 0.2) is 5.78 Å². The highest BCUT2D eigenvalue weighted by atomic mass is 16.2. The van der Waals surface area contributed by atoms with Gasteiger partial charge in [-0.1, -0.05) is 0 Å². The molecule has 1 aliphatic heterocycles. The Hall–Kier alpha value is -1.88. The third kappa shape index (κ3) is 2.87. The molecule has 18 heavy (non-hydrogen) atoms. The molecule has 0 saturated carbocycles. The maximum atomic E-state index is 11.6. The standard InChI is InChI=1S/C13H17N3O2/c14-6-5-12(17)10-1-3-11(4-2-10)16-8-7-15-13(18)9-16/h1-4H,5-9,14H2,(H,15,18). The number of carbonyl (C=O) groups is 2. The van der Waals surface area contributed by atoms with Gasteiger partial charge in [0.1, 0.15) is 0 Å².